The van der Waals surface area contributed by atoms with Crippen LogP contribution in [0.5, 0.6) is 0 Å². The van der Waals surface area contributed by atoms with Gasteiger partial charge in [0.25, 0.3) is 21.8 Å². The minimum atomic E-state index is -4.53. The van der Waals surface area contributed by atoms with Gasteiger partial charge in [-0.25, -0.2) is 17.9 Å². The second-order valence-electron chi connectivity index (χ2n) is 26.8. The quantitative estimate of drug-likeness (QED) is 0.0370. The van der Waals surface area contributed by atoms with Gasteiger partial charge in [-0.05, 0) is 93.1 Å². The zero-order valence-electron chi connectivity index (χ0n) is 56.4. The maximum Gasteiger partial charge on any atom is 0.312 e. The van der Waals surface area contributed by atoms with Gasteiger partial charge in [-0.3, -0.25) is 53.0 Å². The third kappa shape index (κ3) is 22.7. The fraction of sp³-hybridized carbons (Fsp3) is 0.714. The topological polar surface area (TPSA) is 344 Å². The van der Waals surface area contributed by atoms with Crippen molar-refractivity contribution in [3.05, 3.63) is 36.4 Å². The van der Waals surface area contributed by atoms with Crippen molar-refractivity contribution < 1.29 is 70.6 Å². The van der Waals surface area contributed by atoms with E-state index in [9.17, 15) is 56.4 Å². The highest BCUT2D eigenvalue weighted by molar-refractivity contribution is 7.90. The summed E-state index contributed by atoms with van der Waals surface area (Å²) in [4.78, 5) is 139. The number of sulfonamides is 1. The lowest BCUT2D eigenvalue weighted by atomic mass is 9.89. The van der Waals surface area contributed by atoms with Crippen molar-refractivity contribution in [1.82, 2.24) is 45.6 Å². The summed E-state index contributed by atoms with van der Waals surface area (Å²) in [6.07, 6.45) is 2.38. The number of methoxy groups -OCH3 is 2. The first-order valence-corrected chi connectivity index (χ1v) is 32.6. The molecule has 2 aliphatic heterocycles. The van der Waals surface area contributed by atoms with Crippen molar-refractivity contribution >= 4 is 74.9 Å². The summed E-state index contributed by atoms with van der Waals surface area (Å²) in [5, 5.41) is 13.6. The van der Waals surface area contributed by atoms with Crippen LogP contribution in [0.15, 0.2) is 41.3 Å². The average Bonchev–Trinajstić information content (AvgIpc) is 1.36. The second-order valence-corrected chi connectivity index (χ2v) is 28.5. The van der Waals surface area contributed by atoms with Crippen LogP contribution in [0.25, 0.3) is 0 Å². The monoisotopic (exact) mass is 1290 g/mol. The molecule has 1 saturated heterocycles. The van der Waals surface area contributed by atoms with Gasteiger partial charge < -0.3 is 56.3 Å². The van der Waals surface area contributed by atoms with Crippen molar-refractivity contribution in [2.24, 2.45) is 46.2 Å². The number of hydrogen-bond acceptors (Lipinski definition) is 16. The number of ether oxygens (including phenoxy) is 3. The highest BCUT2D eigenvalue weighted by Crippen LogP contribution is 2.31. The molecule has 8 N–H and O–H groups in total. The first-order chi connectivity index (χ1) is 41.8. The van der Waals surface area contributed by atoms with Crippen LogP contribution in [-0.2, 0) is 67.4 Å². The molecular weight excluding hydrogens is 1180 g/mol. The molecule has 0 saturated carbocycles. The number of anilines is 1. The molecule has 90 heavy (non-hydrogen) atoms. The van der Waals surface area contributed by atoms with E-state index in [2.05, 4.69) is 31.3 Å². The largest absolute Gasteiger partial charge is 0.380 e. The Hall–Kier alpha value is -6.55. The number of urea groups is 1. The van der Waals surface area contributed by atoms with E-state index >= 15 is 0 Å². The Kier molecular flexibility index (Phi) is 30.0. The Morgan fingerprint density at radius 2 is 1.34 bits per heavy atom. The zero-order chi connectivity index (χ0) is 68.3. The predicted octanol–water partition coefficient (Wildman–Crippen LogP) is 3.54. The van der Waals surface area contributed by atoms with Crippen molar-refractivity contribution in [3.8, 4) is 0 Å². The van der Waals surface area contributed by atoms with E-state index in [4.69, 9.17) is 19.9 Å². The summed E-state index contributed by atoms with van der Waals surface area (Å²) in [5.74, 6) is -6.40. The van der Waals surface area contributed by atoms with Crippen molar-refractivity contribution in [1.29, 1.82) is 0 Å². The Balaban J connectivity index is 1.72. The summed E-state index contributed by atoms with van der Waals surface area (Å²) in [6, 6.07) is -0.703. The van der Waals surface area contributed by atoms with Crippen LogP contribution in [-0.4, -0.2) is 204 Å². The number of likely N-dealkylation sites (N-methyl/N-ethyl adjacent to an activating group) is 2. The molecule has 1 aromatic carbocycles. The van der Waals surface area contributed by atoms with Crippen LogP contribution in [0.1, 0.15) is 135 Å². The maximum absolute atomic E-state index is 14.5. The number of benzene rings is 1. The molecule has 27 heteroatoms. The molecule has 0 bridgehead atoms. The minimum Gasteiger partial charge on any atom is -0.380 e. The van der Waals surface area contributed by atoms with Gasteiger partial charge in [0, 0.05) is 70.6 Å². The molecule has 0 aromatic heterocycles. The van der Waals surface area contributed by atoms with E-state index in [-0.39, 0.29) is 98.0 Å². The number of nitrogens with one attached hydrogen (secondary N) is 6. The Morgan fingerprint density at radius 3 is 1.87 bits per heavy atom. The Labute approximate surface area is 533 Å². The molecule has 10 atom stereocenters. The van der Waals surface area contributed by atoms with E-state index in [1.54, 1.807) is 30.7 Å². The number of primary amides is 1. The molecule has 0 unspecified atom stereocenters. The fourth-order valence-corrected chi connectivity index (χ4v) is 12.7. The van der Waals surface area contributed by atoms with E-state index < -0.39 is 123 Å². The van der Waals surface area contributed by atoms with Gasteiger partial charge in [0.1, 0.15) is 18.1 Å². The highest BCUT2D eigenvalue weighted by Gasteiger charge is 2.44. The summed E-state index contributed by atoms with van der Waals surface area (Å²) in [5.41, 5.74) is 4.07. The lowest BCUT2D eigenvalue weighted by Gasteiger charge is -2.41. The third-order valence-electron chi connectivity index (χ3n) is 16.6. The minimum absolute atomic E-state index is 0.00480. The molecule has 0 spiro atoms. The molecule has 0 radical (unpaired) electrons. The van der Waals surface area contributed by atoms with Crippen molar-refractivity contribution in [2.75, 3.05) is 73.5 Å². The molecule has 26 nitrogen and oxygen atoms in total. The first kappa shape index (κ1) is 77.7. The summed E-state index contributed by atoms with van der Waals surface area (Å²) < 4.78 is 47.7. The molecule has 0 aliphatic carbocycles. The van der Waals surface area contributed by atoms with Gasteiger partial charge in [0.05, 0.1) is 60.8 Å². The first-order valence-electron chi connectivity index (χ1n) is 31.1. The van der Waals surface area contributed by atoms with Crippen LogP contribution in [0.3, 0.4) is 0 Å². The summed E-state index contributed by atoms with van der Waals surface area (Å²) in [6.45, 7) is 24.7. The molecule has 3 rings (SSSR count). The van der Waals surface area contributed by atoms with Gasteiger partial charge in [-0.15, -0.1) is 0 Å². The third-order valence-corrected chi connectivity index (χ3v) is 18.0. The maximum atomic E-state index is 14.5. The predicted molar refractivity (Wildman–Crippen MR) is 340 cm³/mol. The molecule has 508 valence electrons. The number of amides is 11. The highest BCUT2D eigenvalue weighted by atomic mass is 32.2. The van der Waals surface area contributed by atoms with Crippen molar-refractivity contribution in [3.63, 3.8) is 0 Å². The van der Waals surface area contributed by atoms with E-state index in [1.807, 2.05) is 88.2 Å². The van der Waals surface area contributed by atoms with Gasteiger partial charge in [-0.1, -0.05) is 96.4 Å². The lowest BCUT2D eigenvalue weighted by molar-refractivity contribution is -0.148. The number of imide groups is 1. The van der Waals surface area contributed by atoms with Crippen LogP contribution in [0.2, 0.25) is 0 Å². The Bertz CT molecular complexity index is 2770. The molecular formula is C63H105N11O15S. The standard InChI is InChI=1S/C63H105N11O15S/c1-19-40(8)54(72(16)60(83)52(38(4)5)69-59(82)53(39(6)7)71(14)15)46(87-17)32-50(78)73-31-21-23-45(73)55(88-18)41(9)56(79)70-90(85,86)43-26-24-42(25-27-43)66-57(80)44(22-20-30-65-61(64)84)67-58(81)51(37(2)3)68-47(75)33-62(10,11)35-89-36-63(12,13)34-74-48(76)28-29-49(74)77/h24-29,37-41,44-46,51-55H,19-23,30-36H2,1-18H3,(H,66,80)(H,67,81)(H,68,75)(H,69,82)(H,70,79)(H3,64,65,84)/t40-,41+,44-,45-,46+,51-,52-,53-,54-,55+/m0/s1. The number of nitrogens with two attached hydrogens (primary N) is 1. The number of hydrogen-bond donors (Lipinski definition) is 7. The van der Waals surface area contributed by atoms with Gasteiger partial charge in [0.2, 0.25) is 41.4 Å². The molecule has 11 amide bonds. The van der Waals surface area contributed by atoms with Crippen LogP contribution >= 0.6 is 0 Å². The van der Waals surface area contributed by atoms with Crippen LogP contribution in [0.4, 0.5) is 10.5 Å². The van der Waals surface area contributed by atoms with Crippen LogP contribution in [0, 0.1) is 40.4 Å². The molecule has 2 heterocycles. The number of likely N-dealkylation sites (tertiary alicyclic amines) is 1. The van der Waals surface area contributed by atoms with Gasteiger partial charge in [0.15, 0.2) is 0 Å². The molecule has 2 aliphatic rings. The summed E-state index contributed by atoms with van der Waals surface area (Å²) >= 11 is 0. The average molecular weight is 1290 g/mol. The SMILES string of the molecule is CC[C@H](C)[C@@H]([C@@H](CC(=O)N1CCC[C@H]1[C@H](OC)[C@@H](C)C(=O)NS(=O)(=O)c1ccc(NC(=O)[C@H](CCCNC(N)=O)NC(=O)[C@@H](NC(=O)CC(C)(C)COCC(C)(C)CN2C(=O)C=CC2=O)C(C)C)cc1)OC)N(C)C(=O)[C@@H](NC(=O)[C@H](C(C)C)N(C)C)C(C)C. The zero-order valence-corrected chi connectivity index (χ0v) is 57.2. The number of carbonyl (C=O) groups excluding carboxylic acids is 10. The number of nitrogens with zero attached hydrogens (tertiary/aromatic N) is 4. The molecule has 1 aromatic rings. The van der Waals surface area contributed by atoms with Crippen LogP contribution < -0.4 is 37.0 Å². The lowest BCUT2D eigenvalue weighted by Crippen LogP contribution is -2.59. The fourth-order valence-electron chi connectivity index (χ4n) is 11.6. The van der Waals surface area contributed by atoms with Crippen molar-refractivity contribution in [2.45, 2.75) is 188 Å². The van der Waals surface area contributed by atoms with E-state index in [0.29, 0.717) is 25.8 Å². The smallest absolute Gasteiger partial charge is 0.312 e. The summed E-state index contributed by atoms with van der Waals surface area (Å²) in [7, 11) is 3.63. The van der Waals surface area contributed by atoms with Gasteiger partial charge in [-0.2, -0.15) is 0 Å². The van der Waals surface area contributed by atoms with Gasteiger partial charge >= 0.3 is 6.03 Å². The number of rotatable bonds is 37. The number of carbonyl (C=O) groups is 10. The van der Waals surface area contributed by atoms with E-state index in [1.165, 1.54) is 57.6 Å². The molecule has 1 fully saturated rings. The normalized spacial score (nSPS) is 17.7. The second kappa shape index (κ2) is 34.8. The van der Waals surface area contributed by atoms with E-state index in [0.717, 1.165) is 4.90 Å². The Morgan fingerprint density at radius 1 is 0.756 bits per heavy atom.